The molecule has 1 heterocycles. The van der Waals surface area contributed by atoms with E-state index in [4.69, 9.17) is 0 Å². The SMILES string of the molecule is CC(=O)[C@H]1CC[C@@H](C)NC1. The van der Waals surface area contributed by atoms with Gasteiger partial charge in [0, 0.05) is 18.5 Å². The second-order valence-corrected chi connectivity index (χ2v) is 3.19. The van der Waals surface area contributed by atoms with E-state index in [2.05, 4.69) is 12.2 Å². The third kappa shape index (κ3) is 1.81. The third-order valence-corrected chi connectivity index (χ3v) is 2.24. The first-order valence-corrected chi connectivity index (χ1v) is 3.94. The first-order chi connectivity index (χ1) is 4.70. The standard InChI is InChI=1S/C8H15NO/c1-6-3-4-8(5-9-6)7(2)10/h6,8-9H,3-5H2,1-2H3/t6-,8+/m1/s1. The molecule has 0 saturated carbocycles. The van der Waals surface area contributed by atoms with E-state index in [1.54, 1.807) is 6.92 Å². The Morgan fingerprint density at radius 2 is 2.20 bits per heavy atom. The Hall–Kier alpha value is -0.370. The van der Waals surface area contributed by atoms with Crippen LogP contribution in [-0.2, 0) is 4.79 Å². The molecule has 2 nitrogen and oxygen atoms in total. The lowest BCUT2D eigenvalue weighted by Crippen LogP contribution is -2.39. The summed E-state index contributed by atoms with van der Waals surface area (Å²) in [5.41, 5.74) is 0. The second kappa shape index (κ2) is 3.15. The van der Waals surface area contributed by atoms with E-state index in [1.807, 2.05) is 0 Å². The van der Waals surface area contributed by atoms with Gasteiger partial charge >= 0.3 is 0 Å². The van der Waals surface area contributed by atoms with Crippen molar-refractivity contribution in [2.24, 2.45) is 5.92 Å². The maximum absolute atomic E-state index is 10.9. The highest BCUT2D eigenvalue weighted by Gasteiger charge is 2.20. The van der Waals surface area contributed by atoms with E-state index in [0.717, 1.165) is 19.4 Å². The summed E-state index contributed by atoms with van der Waals surface area (Å²) in [6.07, 6.45) is 2.22. The summed E-state index contributed by atoms with van der Waals surface area (Å²) in [5.74, 6) is 0.621. The first-order valence-electron chi connectivity index (χ1n) is 3.94. The van der Waals surface area contributed by atoms with E-state index in [-0.39, 0.29) is 5.92 Å². The predicted molar refractivity (Wildman–Crippen MR) is 40.9 cm³/mol. The highest BCUT2D eigenvalue weighted by atomic mass is 16.1. The first kappa shape index (κ1) is 7.73. The monoisotopic (exact) mass is 141 g/mol. The molecule has 0 aromatic carbocycles. The average molecular weight is 141 g/mol. The molecule has 1 saturated heterocycles. The predicted octanol–water partition coefficient (Wildman–Crippen LogP) is 0.964. The maximum atomic E-state index is 10.9. The van der Waals surface area contributed by atoms with Crippen LogP contribution in [0.4, 0.5) is 0 Å². The number of ketones is 1. The number of nitrogens with one attached hydrogen (secondary N) is 1. The Labute approximate surface area is 62.0 Å². The molecule has 1 rings (SSSR count). The number of piperidine rings is 1. The summed E-state index contributed by atoms with van der Waals surface area (Å²) >= 11 is 0. The van der Waals surface area contributed by atoms with Gasteiger partial charge in [0.2, 0.25) is 0 Å². The summed E-state index contributed by atoms with van der Waals surface area (Å²) < 4.78 is 0. The van der Waals surface area contributed by atoms with Crippen LogP contribution in [0, 0.1) is 5.92 Å². The third-order valence-electron chi connectivity index (χ3n) is 2.24. The zero-order valence-electron chi connectivity index (χ0n) is 6.68. The van der Waals surface area contributed by atoms with Crippen molar-refractivity contribution >= 4 is 5.78 Å². The van der Waals surface area contributed by atoms with Crippen molar-refractivity contribution in [3.63, 3.8) is 0 Å². The molecule has 0 aliphatic carbocycles. The smallest absolute Gasteiger partial charge is 0.134 e. The molecule has 0 unspecified atom stereocenters. The van der Waals surface area contributed by atoms with Gasteiger partial charge < -0.3 is 5.32 Å². The van der Waals surface area contributed by atoms with Gasteiger partial charge in [-0.3, -0.25) is 4.79 Å². The molecule has 0 amide bonds. The van der Waals surface area contributed by atoms with Crippen molar-refractivity contribution in [3.05, 3.63) is 0 Å². The fourth-order valence-electron chi connectivity index (χ4n) is 1.35. The molecule has 0 spiro atoms. The molecule has 1 fully saturated rings. The van der Waals surface area contributed by atoms with Crippen molar-refractivity contribution in [1.82, 2.24) is 5.32 Å². The summed E-state index contributed by atoms with van der Waals surface area (Å²) in [5, 5.41) is 3.29. The van der Waals surface area contributed by atoms with Gasteiger partial charge in [0.25, 0.3) is 0 Å². The van der Waals surface area contributed by atoms with Gasteiger partial charge in [-0.2, -0.15) is 0 Å². The average Bonchev–Trinajstić information content (AvgIpc) is 1.88. The number of hydrogen-bond donors (Lipinski definition) is 1. The number of hydrogen-bond acceptors (Lipinski definition) is 2. The van der Waals surface area contributed by atoms with Gasteiger partial charge in [0.1, 0.15) is 5.78 Å². The van der Waals surface area contributed by atoms with Crippen molar-refractivity contribution in [3.8, 4) is 0 Å². The van der Waals surface area contributed by atoms with Gasteiger partial charge in [-0.15, -0.1) is 0 Å². The second-order valence-electron chi connectivity index (χ2n) is 3.19. The van der Waals surface area contributed by atoms with Gasteiger partial charge in [0.05, 0.1) is 0 Å². The molecular formula is C8H15NO. The number of carbonyl (C=O) groups is 1. The molecule has 0 bridgehead atoms. The van der Waals surface area contributed by atoms with Crippen LogP contribution in [0.15, 0.2) is 0 Å². The molecule has 2 atom stereocenters. The summed E-state index contributed by atoms with van der Waals surface area (Å²) in [7, 11) is 0. The van der Waals surface area contributed by atoms with Crippen LogP contribution in [0.5, 0.6) is 0 Å². The zero-order valence-corrected chi connectivity index (χ0v) is 6.68. The number of rotatable bonds is 1. The van der Waals surface area contributed by atoms with Crippen LogP contribution in [0.25, 0.3) is 0 Å². The number of Topliss-reactive ketones (excluding diaryl/α,β-unsaturated/α-hetero) is 1. The van der Waals surface area contributed by atoms with Crippen molar-refractivity contribution < 1.29 is 4.79 Å². The minimum Gasteiger partial charge on any atom is -0.314 e. The number of carbonyl (C=O) groups excluding carboxylic acids is 1. The Morgan fingerprint density at radius 1 is 1.50 bits per heavy atom. The van der Waals surface area contributed by atoms with Crippen LogP contribution in [0.3, 0.4) is 0 Å². The maximum Gasteiger partial charge on any atom is 0.134 e. The highest BCUT2D eigenvalue weighted by molar-refractivity contribution is 5.78. The van der Waals surface area contributed by atoms with Gasteiger partial charge in [-0.25, -0.2) is 0 Å². The zero-order chi connectivity index (χ0) is 7.56. The van der Waals surface area contributed by atoms with Gasteiger partial charge in [-0.1, -0.05) is 0 Å². The van der Waals surface area contributed by atoms with Crippen molar-refractivity contribution in [2.75, 3.05) is 6.54 Å². The Morgan fingerprint density at radius 3 is 2.60 bits per heavy atom. The lowest BCUT2D eigenvalue weighted by atomic mass is 9.93. The Kier molecular flexibility index (Phi) is 2.44. The molecule has 10 heavy (non-hydrogen) atoms. The van der Waals surface area contributed by atoms with Crippen LogP contribution in [0.1, 0.15) is 26.7 Å². The molecule has 58 valence electrons. The van der Waals surface area contributed by atoms with Crippen molar-refractivity contribution in [2.45, 2.75) is 32.7 Å². The minimum absolute atomic E-state index is 0.288. The quantitative estimate of drug-likeness (QED) is 0.589. The van der Waals surface area contributed by atoms with E-state index >= 15 is 0 Å². The van der Waals surface area contributed by atoms with E-state index in [1.165, 1.54) is 0 Å². The molecule has 0 aromatic rings. The molecule has 2 heteroatoms. The van der Waals surface area contributed by atoms with Crippen LogP contribution in [0.2, 0.25) is 0 Å². The Balaban J connectivity index is 2.33. The summed E-state index contributed by atoms with van der Waals surface area (Å²) in [4.78, 5) is 10.9. The summed E-state index contributed by atoms with van der Waals surface area (Å²) in [6, 6.07) is 0.607. The van der Waals surface area contributed by atoms with E-state index in [9.17, 15) is 4.79 Å². The minimum atomic E-state index is 0.288. The Bertz CT molecular complexity index is 125. The van der Waals surface area contributed by atoms with Crippen LogP contribution in [-0.4, -0.2) is 18.4 Å². The molecule has 1 aliphatic rings. The molecule has 0 radical (unpaired) electrons. The molecular weight excluding hydrogens is 126 g/mol. The topological polar surface area (TPSA) is 29.1 Å². The van der Waals surface area contributed by atoms with E-state index < -0.39 is 0 Å². The molecule has 1 N–H and O–H groups in total. The fourth-order valence-corrected chi connectivity index (χ4v) is 1.35. The normalized spacial score (nSPS) is 33.8. The summed E-state index contributed by atoms with van der Waals surface area (Å²) in [6.45, 7) is 4.73. The van der Waals surface area contributed by atoms with E-state index in [0.29, 0.717) is 11.8 Å². The highest BCUT2D eigenvalue weighted by Crippen LogP contribution is 2.14. The fraction of sp³-hybridized carbons (Fsp3) is 0.875. The van der Waals surface area contributed by atoms with Crippen LogP contribution < -0.4 is 5.32 Å². The largest absolute Gasteiger partial charge is 0.314 e. The van der Waals surface area contributed by atoms with Crippen LogP contribution >= 0.6 is 0 Å². The lowest BCUT2D eigenvalue weighted by Gasteiger charge is -2.25. The molecule has 1 aliphatic heterocycles. The van der Waals surface area contributed by atoms with Gasteiger partial charge in [-0.05, 0) is 26.7 Å². The molecule has 0 aromatic heterocycles. The van der Waals surface area contributed by atoms with Gasteiger partial charge in [0.15, 0.2) is 0 Å². The lowest BCUT2D eigenvalue weighted by molar-refractivity contribution is -0.121. The van der Waals surface area contributed by atoms with Crippen molar-refractivity contribution in [1.29, 1.82) is 0 Å².